The van der Waals surface area contributed by atoms with Crippen molar-refractivity contribution in [2.75, 3.05) is 0 Å². The number of hydrogen-bond acceptors (Lipinski definition) is 4. The molecule has 0 radical (unpaired) electrons. The fourth-order valence-electron chi connectivity index (χ4n) is 1.70. The maximum Gasteiger partial charge on any atom is 0.0195 e. The van der Waals surface area contributed by atoms with E-state index in [0.717, 1.165) is 19.0 Å². The van der Waals surface area contributed by atoms with Gasteiger partial charge in [-0.25, -0.2) is 0 Å². The van der Waals surface area contributed by atoms with Gasteiger partial charge in [-0.1, -0.05) is 12.8 Å². The minimum atomic E-state index is 0.767. The van der Waals surface area contributed by atoms with Gasteiger partial charge in [0.05, 0.1) is 0 Å². The van der Waals surface area contributed by atoms with Crippen LogP contribution in [0, 0.1) is 0 Å². The van der Waals surface area contributed by atoms with Crippen LogP contribution in [0.15, 0.2) is 8.47 Å². The summed E-state index contributed by atoms with van der Waals surface area (Å²) < 4.78 is 1.94. The molecule has 1 fully saturated rings. The third-order valence-electron chi connectivity index (χ3n) is 2.33. The van der Waals surface area contributed by atoms with Gasteiger partial charge in [0, 0.05) is 10.5 Å². The molecule has 4 heteroatoms. The Balaban J connectivity index is 2.10. The molecule has 2 rings (SSSR count). The largest absolute Gasteiger partial charge is 0.774 e. The Bertz CT molecular complexity index is 189. The van der Waals surface area contributed by atoms with Crippen molar-refractivity contribution in [2.45, 2.75) is 36.2 Å². The average Bonchev–Trinajstić information content (AvgIpc) is 2.07. The zero-order valence-electron chi connectivity index (χ0n) is 6.62. The normalized spacial score (nSPS) is 36.3. The molecule has 0 bridgehead atoms. The molecule has 0 N–H and O–H groups in total. The lowest BCUT2D eigenvalue weighted by Crippen LogP contribution is -2.26. The van der Waals surface area contributed by atoms with Crippen LogP contribution in [0.25, 0.3) is 0 Å². The van der Waals surface area contributed by atoms with E-state index in [1.54, 1.807) is 0 Å². The van der Waals surface area contributed by atoms with Gasteiger partial charge < -0.3 is 25.3 Å². The number of fused-ring (bicyclic) bond motifs is 1. The molecule has 0 aromatic rings. The van der Waals surface area contributed by atoms with Crippen molar-refractivity contribution in [1.29, 1.82) is 0 Å². The van der Waals surface area contributed by atoms with E-state index in [9.17, 15) is 0 Å². The van der Waals surface area contributed by atoms with Crippen molar-refractivity contribution in [3.05, 3.63) is 8.47 Å². The molecule has 0 saturated heterocycles. The molecule has 0 spiro atoms. The van der Waals surface area contributed by atoms with Crippen molar-refractivity contribution in [3.8, 4) is 0 Å². The van der Waals surface area contributed by atoms with Crippen LogP contribution in [-0.4, -0.2) is 10.5 Å². The third-order valence-corrected chi connectivity index (χ3v) is 6.57. The molecule has 12 heavy (non-hydrogen) atoms. The highest BCUT2D eigenvalue weighted by Gasteiger charge is 2.27. The first-order chi connectivity index (χ1) is 5.77. The maximum absolute atomic E-state index is 5.20. The predicted molar refractivity (Wildman–Crippen MR) is 63.0 cm³/mol. The third kappa shape index (κ3) is 1.86. The fraction of sp³-hybridized carbons (Fsp3) is 0.750. The van der Waals surface area contributed by atoms with E-state index in [0.29, 0.717) is 0 Å². The van der Waals surface area contributed by atoms with Gasteiger partial charge in [-0.3, -0.25) is 0 Å². The lowest BCUT2D eigenvalue weighted by Gasteiger charge is -2.42. The van der Waals surface area contributed by atoms with Gasteiger partial charge in [0.1, 0.15) is 0 Å². The molecule has 1 saturated carbocycles. The van der Waals surface area contributed by atoms with Crippen LogP contribution in [-0.2, 0) is 25.3 Å². The summed E-state index contributed by atoms with van der Waals surface area (Å²) in [6.07, 6.45) is 5.43. The van der Waals surface area contributed by atoms with Crippen molar-refractivity contribution in [1.82, 2.24) is 0 Å². The number of hydrogen-bond donors (Lipinski definition) is 0. The monoisotopic (exact) mass is 234 g/mol. The Hall–Kier alpha value is 0.880. The standard InChI is InChI=1S/C8H12S4/c9-7-8(10)12-6-4-2-1-3-5(6)11-7/h5-6,9-10H,1-4H2/p-2. The van der Waals surface area contributed by atoms with E-state index in [1.807, 2.05) is 23.5 Å². The number of rotatable bonds is 0. The zero-order chi connectivity index (χ0) is 8.55. The van der Waals surface area contributed by atoms with Crippen molar-refractivity contribution < 1.29 is 0 Å². The number of thioether (sulfide) groups is 2. The topological polar surface area (TPSA) is 0 Å². The molecule has 68 valence electrons. The minimum Gasteiger partial charge on any atom is -0.774 e. The van der Waals surface area contributed by atoms with Gasteiger partial charge in [-0.05, 0) is 12.8 Å². The van der Waals surface area contributed by atoms with Crippen LogP contribution in [0.1, 0.15) is 25.7 Å². The summed E-state index contributed by atoms with van der Waals surface area (Å²) >= 11 is 14.1. The van der Waals surface area contributed by atoms with Crippen molar-refractivity contribution in [2.24, 2.45) is 0 Å². The lowest BCUT2D eigenvalue weighted by atomic mass is 10.00. The Morgan fingerprint density at radius 3 is 1.75 bits per heavy atom. The van der Waals surface area contributed by atoms with Gasteiger partial charge in [0.15, 0.2) is 0 Å². The summed E-state index contributed by atoms with van der Waals surface area (Å²) in [6, 6.07) is 0. The average molecular weight is 234 g/mol. The van der Waals surface area contributed by atoms with Crippen LogP contribution in [0.4, 0.5) is 0 Å². The molecule has 2 unspecified atom stereocenters. The van der Waals surface area contributed by atoms with E-state index in [2.05, 4.69) is 0 Å². The van der Waals surface area contributed by atoms with E-state index >= 15 is 0 Å². The van der Waals surface area contributed by atoms with E-state index < -0.39 is 0 Å². The van der Waals surface area contributed by atoms with E-state index in [4.69, 9.17) is 25.3 Å². The first-order valence-electron chi connectivity index (χ1n) is 4.19. The lowest BCUT2D eigenvalue weighted by molar-refractivity contribution is 0.528. The fourth-order valence-corrected chi connectivity index (χ4v) is 5.24. The highest BCUT2D eigenvalue weighted by molar-refractivity contribution is 8.19. The van der Waals surface area contributed by atoms with Crippen molar-refractivity contribution in [3.63, 3.8) is 0 Å². The molecule has 0 aromatic heterocycles. The molecule has 0 aromatic carbocycles. The molecule has 1 aliphatic carbocycles. The predicted octanol–water partition coefficient (Wildman–Crippen LogP) is 3.00. The smallest absolute Gasteiger partial charge is 0.0195 e. The molecule has 1 aliphatic heterocycles. The summed E-state index contributed by atoms with van der Waals surface area (Å²) in [5.41, 5.74) is 0. The first-order valence-corrected chi connectivity index (χ1v) is 6.76. The molecular weight excluding hydrogens is 224 g/mol. The highest BCUT2D eigenvalue weighted by atomic mass is 32.2. The molecule has 1 heterocycles. The van der Waals surface area contributed by atoms with Gasteiger partial charge in [-0.15, -0.1) is 0 Å². The molecule has 0 amide bonds. The Labute approximate surface area is 93.1 Å². The van der Waals surface area contributed by atoms with Crippen LogP contribution < -0.4 is 0 Å². The summed E-state index contributed by atoms with van der Waals surface area (Å²) in [6.45, 7) is 0. The quantitative estimate of drug-likeness (QED) is 0.591. The van der Waals surface area contributed by atoms with Gasteiger partial charge in [0.2, 0.25) is 0 Å². The second-order valence-electron chi connectivity index (χ2n) is 3.17. The first kappa shape index (κ1) is 9.44. The van der Waals surface area contributed by atoms with E-state index in [1.165, 1.54) is 25.7 Å². The van der Waals surface area contributed by atoms with Crippen LogP contribution in [0.3, 0.4) is 0 Å². The zero-order valence-corrected chi connectivity index (χ0v) is 9.88. The molecule has 2 atom stereocenters. The van der Waals surface area contributed by atoms with Gasteiger partial charge >= 0.3 is 0 Å². The summed E-state index contributed by atoms with van der Waals surface area (Å²) in [4.78, 5) is 0. The summed E-state index contributed by atoms with van der Waals surface area (Å²) in [5.74, 6) is 0. The Morgan fingerprint density at radius 2 is 1.33 bits per heavy atom. The van der Waals surface area contributed by atoms with E-state index in [-0.39, 0.29) is 0 Å². The second-order valence-corrected chi connectivity index (χ2v) is 7.00. The van der Waals surface area contributed by atoms with Gasteiger partial charge in [0.25, 0.3) is 0 Å². The molecule has 2 aliphatic rings. The maximum atomic E-state index is 5.20. The summed E-state index contributed by atoms with van der Waals surface area (Å²) in [7, 11) is 0. The minimum absolute atomic E-state index is 0.767. The summed E-state index contributed by atoms with van der Waals surface area (Å²) in [5, 5.41) is 1.53. The second kappa shape index (κ2) is 3.95. The highest BCUT2D eigenvalue weighted by Crippen LogP contribution is 2.47. The van der Waals surface area contributed by atoms with Gasteiger partial charge in [-0.2, -0.15) is 32.0 Å². The van der Waals surface area contributed by atoms with Crippen molar-refractivity contribution >= 4 is 48.8 Å². The Kier molecular flexibility index (Phi) is 3.10. The SMILES string of the molecule is [S-]C1=C([S-])SC2CCCCC2S1. The van der Waals surface area contributed by atoms with Crippen LogP contribution in [0.5, 0.6) is 0 Å². The van der Waals surface area contributed by atoms with Crippen LogP contribution in [0.2, 0.25) is 0 Å². The molecular formula is C8H10S4-2. The molecule has 0 nitrogen and oxygen atoms in total. The van der Waals surface area contributed by atoms with Crippen LogP contribution >= 0.6 is 23.5 Å². The Morgan fingerprint density at radius 1 is 0.917 bits per heavy atom.